The largest absolute Gasteiger partial charge is 0.504 e. The highest BCUT2D eigenvalue weighted by molar-refractivity contribution is 5.87. The van der Waals surface area contributed by atoms with Gasteiger partial charge in [0, 0.05) is 19.7 Å². The Morgan fingerprint density at radius 2 is 1.97 bits per heavy atom. The second-order valence-corrected chi connectivity index (χ2v) is 6.48. The molecule has 0 saturated carbocycles. The number of anilines is 1. The quantitative estimate of drug-likeness (QED) is 0.400. The van der Waals surface area contributed by atoms with Crippen LogP contribution in [-0.4, -0.2) is 33.4 Å². The van der Waals surface area contributed by atoms with Gasteiger partial charge in [0.2, 0.25) is 0 Å². The van der Waals surface area contributed by atoms with E-state index in [1.54, 1.807) is 0 Å². The smallest absolute Gasteiger partial charge is 0.200 e. The molecule has 4 aromatic rings. The molecule has 0 unspecified atom stereocenters. The van der Waals surface area contributed by atoms with E-state index < -0.39 is 11.6 Å². The number of azo groups is 1. The van der Waals surface area contributed by atoms with Crippen LogP contribution in [0, 0.1) is 11.6 Å². The average Bonchev–Trinajstić information content (AvgIpc) is 3.25. The van der Waals surface area contributed by atoms with Crippen molar-refractivity contribution in [2.75, 3.05) is 19.5 Å². The number of aromatic nitrogens is 3. The highest BCUT2D eigenvalue weighted by Crippen LogP contribution is 2.44. The fourth-order valence-corrected chi connectivity index (χ4v) is 3.08. The van der Waals surface area contributed by atoms with Crippen LogP contribution in [0.15, 0.2) is 52.7 Å². The second-order valence-electron chi connectivity index (χ2n) is 6.48. The number of nitrogen functional groups attached to an aromatic ring is 1. The fourth-order valence-electron chi connectivity index (χ4n) is 3.08. The van der Waals surface area contributed by atoms with E-state index in [-0.39, 0.29) is 35.2 Å². The molecule has 2 aromatic heterocycles. The number of para-hydroxylation sites is 2. The second kappa shape index (κ2) is 7.91. The molecule has 0 saturated heterocycles. The molecule has 0 bridgehead atoms. The minimum Gasteiger partial charge on any atom is -0.504 e. The predicted molar refractivity (Wildman–Crippen MR) is 108 cm³/mol. The first-order valence-electron chi connectivity index (χ1n) is 9.01. The van der Waals surface area contributed by atoms with Crippen LogP contribution in [0.3, 0.4) is 0 Å². The molecule has 2 aromatic carbocycles. The van der Waals surface area contributed by atoms with Gasteiger partial charge in [-0.2, -0.15) is 0 Å². The Hall–Kier alpha value is -3.79. The first-order valence-corrected chi connectivity index (χ1v) is 9.01. The van der Waals surface area contributed by atoms with Crippen LogP contribution in [0.4, 0.5) is 26.1 Å². The zero-order chi connectivity index (χ0) is 21.3. The van der Waals surface area contributed by atoms with Gasteiger partial charge in [0.25, 0.3) is 0 Å². The summed E-state index contributed by atoms with van der Waals surface area (Å²) < 4.78 is 33.2. The SMILES string of the molecule is COCCn1c(N)c(-c2nc3ccccc3[nH]2)c(O)c1N=Nc1ccc(F)c(F)c1. The molecule has 0 fully saturated rings. The molecule has 30 heavy (non-hydrogen) atoms. The zero-order valence-corrected chi connectivity index (χ0v) is 15.9. The molecule has 0 spiro atoms. The summed E-state index contributed by atoms with van der Waals surface area (Å²) >= 11 is 0. The van der Waals surface area contributed by atoms with Gasteiger partial charge in [-0.15, -0.1) is 10.2 Å². The first-order chi connectivity index (χ1) is 14.5. The molecule has 4 rings (SSSR count). The molecule has 0 aliphatic heterocycles. The minimum atomic E-state index is -1.05. The summed E-state index contributed by atoms with van der Waals surface area (Å²) in [5, 5.41) is 18.8. The highest BCUT2D eigenvalue weighted by atomic mass is 19.2. The monoisotopic (exact) mass is 412 g/mol. The standard InChI is InChI=1S/C20H18F2N6O2/c1-30-9-8-28-18(23)16(19-24-14-4-2-3-5-15(14)25-19)17(29)20(28)27-26-11-6-7-12(21)13(22)10-11/h2-7,10,29H,8-9,23H2,1H3,(H,24,25). The van der Waals surface area contributed by atoms with Crippen molar-refractivity contribution in [1.82, 2.24) is 14.5 Å². The van der Waals surface area contributed by atoms with Crippen molar-refractivity contribution in [1.29, 1.82) is 0 Å². The lowest BCUT2D eigenvalue weighted by molar-refractivity contribution is 0.188. The van der Waals surface area contributed by atoms with Gasteiger partial charge in [0.15, 0.2) is 23.2 Å². The summed E-state index contributed by atoms with van der Waals surface area (Å²) in [5.41, 5.74) is 8.12. The summed E-state index contributed by atoms with van der Waals surface area (Å²) in [6.07, 6.45) is 0. The Labute approximate surface area is 169 Å². The van der Waals surface area contributed by atoms with Crippen molar-refractivity contribution in [2.24, 2.45) is 10.2 Å². The van der Waals surface area contributed by atoms with E-state index in [9.17, 15) is 13.9 Å². The van der Waals surface area contributed by atoms with Crippen LogP contribution < -0.4 is 5.73 Å². The van der Waals surface area contributed by atoms with Gasteiger partial charge in [-0.25, -0.2) is 13.8 Å². The van der Waals surface area contributed by atoms with Gasteiger partial charge < -0.3 is 25.1 Å². The Morgan fingerprint density at radius 3 is 2.70 bits per heavy atom. The Morgan fingerprint density at radius 1 is 1.17 bits per heavy atom. The first kappa shape index (κ1) is 19.5. The number of nitrogens with zero attached hydrogens (tertiary/aromatic N) is 4. The van der Waals surface area contributed by atoms with Crippen molar-refractivity contribution in [3.05, 3.63) is 54.1 Å². The van der Waals surface area contributed by atoms with E-state index in [0.717, 1.165) is 17.6 Å². The van der Waals surface area contributed by atoms with E-state index in [2.05, 4.69) is 20.2 Å². The third-order valence-electron chi connectivity index (χ3n) is 4.56. The number of hydrogen-bond acceptors (Lipinski definition) is 6. The maximum atomic E-state index is 13.4. The normalized spacial score (nSPS) is 11.7. The minimum absolute atomic E-state index is 0.0461. The van der Waals surface area contributed by atoms with Crippen LogP contribution in [0.1, 0.15) is 0 Å². The van der Waals surface area contributed by atoms with E-state index in [1.165, 1.54) is 17.7 Å². The van der Waals surface area contributed by atoms with Crippen molar-refractivity contribution in [3.8, 4) is 17.1 Å². The van der Waals surface area contributed by atoms with E-state index in [1.807, 2.05) is 24.3 Å². The summed E-state index contributed by atoms with van der Waals surface area (Å²) in [6.45, 7) is 0.577. The van der Waals surface area contributed by atoms with E-state index >= 15 is 0 Å². The van der Waals surface area contributed by atoms with Gasteiger partial charge in [-0.05, 0) is 24.3 Å². The van der Waals surface area contributed by atoms with Gasteiger partial charge in [-0.3, -0.25) is 0 Å². The van der Waals surface area contributed by atoms with Crippen molar-refractivity contribution in [3.63, 3.8) is 0 Å². The number of benzene rings is 2. The number of rotatable bonds is 6. The Kier molecular flexibility index (Phi) is 5.15. The molecular weight excluding hydrogens is 394 g/mol. The number of nitrogens with two attached hydrogens (primary N) is 1. The van der Waals surface area contributed by atoms with Crippen molar-refractivity contribution >= 4 is 28.4 Å². The molecule has 2 heterocycles. The van der Waals surface area contributed by atoms with Crippen LogP contribution in [-0.2, 0) is 11.3 Å². The number of methoxy groups -OCH3 is 1. The molecule has 8 nitrogen and oxygen atoms in total. The van der Waals surface area contributed by atoms with Crippen LogP contribution in [0.2, 0.25) is 0 Å². The summed E-state index contributed by atoms with van der Waals surface area (Å²) in [7, 11) is 1.53. The maximum Gasteiger partial charge on any atom is 0.200 e. The van der Waals surface area contributed by atoms with E-state index in [0.29, 0.717) is 17.9 Å². The molecule has 0 amide bonds. The number of aromatic amines is 1. The summed E-state index contributed by atoms with van der Waals surface area (Å²) in [4.78, 5) is 7.59. The number of H-pyrrole nitrogens is 1. The molecule has 0 radical (unpaired) electrons. The van der Waals surface area contributed by atoms with Crippen molar-refractivity contribution < 1.29 is 18.6 Å². The van der Waals surface area contributed by atoms with Crippen LogP contribution >= 0.6 is 0 Å². The summed E-state index contributed by atoms with van der Waals surface area (Å²) in [5.74, 6) is -1.65. The van der Waals surface area contributed by atoms with Gasteiger partial charge in [0.1, 0.15) is 17.2 Å². The molecule has 10 heteroatoms. The molecule has 0 aliphatic carbocycles. The molecular formula is C20H18F2N6O2. The third-order valence-corrected chi connectivity index (χ3v) is 4.56. The fraction of sp³-hybridized carbons (Fsp3) is 0.150. The lowest BCUT2D eigenvalue weighted by atomic mass is 10.2. The average molecular weight is 412 g/mol. The number of imidazole rings is 1. The Bertz CT molecular complexity index is 1210. The van der Waals surface area contributed by atoms with Crippen molar-refractivity contribution in [2.45, 2.75) is 6.54 Å². The summed E-state index contributed by atoms with van der Waals surface area (Å²) in [6, 6.07) is 10.5. The highest BCUT2D eigenvalue weighted by Gasteiger charge is 2.24. The third kappa shape index (κ3) is 3.48. The lowest BCUT2D eigenvalue weighted by Crippen LogP contribution is -2.07. The lowest BCUT2D eigenvalue weighted by Gasteiger charge is -2.07. The Balaban J connectivity index is 1.81. The van der Waals surface area contributed by atoms with E-state index in [4.69, 9.17) is 10.5 Å². The zero-order valence-electron chi connectivity index (χ0n) is 15.9. The maximum absolute atomic E-state index is 13.4. The van der Waals surface area contributed by atoms with Gasteiger partial charge in [-0.1, -0.05) is 12.1 Å². The van der Waals surface area contributed by atoms with Crippen LogP contribution in [0.5, 0.6) is 5.75 Å². The molecule has 0 atom stereocenters. The number of ether oxygens (including phenoxy) is 1. The molecule has 154 valence electrons. The van der Waals surface area contributed by atoms with Crippen LogP contribution in [0.25, 0.3) is 22.4 Å². The number of hydrogen-bond donors (Lipinski definition) is 3. The number of fused-ring (bicyclic) bond motifs is 1. The molecule has 4 N–H and O–H groups in total. The van der Waals surface area contributed by atoms with Gasteiger partial charge in [0.05, 0.1) is 23.3 Å². The topological polar surface area (TPSA) is 114 Å². The molecule has 0 aliphatic rings. The number of nitrogens with one attached hydrogen (secondary N) is 1. The number of aromatic hydroxyl groups is 1. The predicted octanol–water partition coefficient (Wildman–Crippen LogP) is 4.66. The number of halogens is 2. The van der Waals surface area contributed by atoms with Gasteiger partial charge >= 0.3 is 0 Å².